The van der Waals surface area contributed by atoms with Gasteiger partial charge in [0, 0.05) is 30.6 Å². The van der Waals surface area contributed by atoms with Gasteiger partial charge < -0.3 is 19.0 Å². The number of oxazole rings is 1. The highest BCUT2D eigenvalue weighted by atomic mass is 16.5. The first-order chi connectivity index (χ1) is 13.7. The minimum atomic E-state index is -0.165. The molecule has 1 spiro atoms. The molecule has 1 amide bonds. The van der Waals surface area contributed by atoms with Gasteiger partial charge in [0.15, 0.2) is 6.39 Å². The maximum absolute atomic E-state index is 11.7. The third kappa shape index (κ3) is 3.22. The number of amides is 1. The monoisotopic (exact) mass is 388 g/mol. The molecule has 7 nitrogen and oxygen atoms in total. The number of nitrogens with zero attached hydrogens (tertiary/aromatic N) is 4. The summed E-state index contributed by atoms with van der Waals surface area (Å²) in [6, 6.07) is 1.79. The number of hydrogen-bond donors (Lipinski definition) is 0. The van der Waals surface area contributed by atoms with Crippen molar-refractivity contribution in [1.29, 1.82) is 0 Å². The van der Waals surface area contributed by atoms with E-state index in [1.807, 2.05) is 11.1 Å². The Bertz CT molecular complexity index is 680. The molecule has 0 bridgehead atoms. The molecule has 4 aliphatic rings. The number of piperidine rings is 1. The average molecular weight is 389 g/mol. The summed E-state index contributed by atoms with van der Waals surface area (Å²) in [5.41, 5.74) is 0.363. The highest BCUT2D eigenvalue weighted by molar-refractivity contribution is 5.68. The summed E-state index contributed by atoms with van der Waals surface area (Å²) in [4.78, 5) is 23.0. The Morgan fingerprint density at radius 2 is 2.00 bits per heavy atom. The number of carbonyl (C=O) groups excluding carboxylic acids is 1. The highest BCUT2D eigenvalue weighted by Crippen LogP contribution is 2.47. The van der Waals surface area contributed by atoms with Crippen molar-refractivity contribution in [3.63, 3.8) is 0 Å². The zero-order valence-corrected chi connectivity index (χ0v) is 16.9. The number of methoxy groups -OCH3 is 1. The average Bonchev–Trinajstić information content (AvgIpc) is 3.46. The van der Waals surface area contributed by atoms with E-state index in [0.717, 1.165) is 18.8 Å². The van der Waals surface area contributed by atoms with Gasteiger partial charge in [-0.15, -0.1) is 0 Å². The van der Waals surface area contributed by atoms with Crippen LogP contribution in [0.15, 0.2) is 17.0 Å². The third-order valence-electron chi connectivity index (χ3n) is 7.72. The Morgan fingerprint density at radius 1 is 1.18 bits per heavy atom. The second-order valence-electron chi connectivity index (χ2n) is 9.29. The summed E-state index contributed by atoms with van der Waals surface area (Å²) in [7, 11) is 1.47. The van der Waals surface area contributed by atoms with Crippen LogP contribution in [0.25, 0.3) is 0 Å². The number of rotatable bonds is 3. The Balaban J connectivity index is 1.13. The van der Waals surface area contributed by atoms with Crippen LogP contribution in [-0.4, -0.2) is 77.7 Å². The largest absolute Gasteiger partial charge is 0.453 e. The molecule has 5 rings (SSSR count). The van der Waals surface area contributed by atoms with Gasteiger partial charge in [-0.3, -0.25) is 4.90 Å². The quantitative estimate of drug-likeness (QED) is 0.793. The van der Waals surface area contributed by atoms with Gasteiger partial charge in [0.1, 0.15) is 5.76 Å². The molecule has 0 radical (unpaired) electrons. The highest BCUT2D eigenvalue weighted by Gasteiger charge is 2.51. The first-order valence-corrected chi connectivity index (χ1v) is 10.9. The number of carbonyl (C=O) groups is 1. The predicted molar refractivity (Wildman–Crippen MR) is 104 cm³/mol. The van der Waals surface area contributed by atoms with Crippen molar-refractivity contribution < 1.29 is 13.9 Å². The Labute approximate surface area is 167 Å². The number of hydrogen-bond acceptors (Lipinski definition) is 6. The molecular weight excluding hydrogens is 356 g/mol. The molecule has 1 unspecified atom stereocenters. The van der Waals surface area contributed by atoms with Crippen molar-refractivity contribution in [3.05, 3.63) is 18.4 Å². The minimum absolute atomic E-state index is 0.165. The smallest absolute Gasteiger partial charge is 0.409 e. The second-order valence-corrected chi connectivity index (χ2v) is 9.29. The van der Waals surface area contributed by atoms with E-state index in [1.54, 1.807) is 6.39 Å². The molecule has 1 aromatic rings. The van der Waals surface area contributed by atoms with Crippen molar-refractivity contribution >= 4 is 6.09 Å². The van der Waals surface area contributed by atoms with E-state index in [0.29, 0.717) is 23.5 Å². The molecule has 28 heavy (non-hydrogen) atoms. The summed E-state index contributed by atoms with van der Waals surface area (Å²) < 4.78 is 10.5. The number of aromatic nitrogens is 1. The molecule has 3 aliphatic heterocycles. The molecule has 4 fully saturated rings. The normalized spacial score (nSPS) is 31.4. The maximum Gasteiger partial charge on any atom is 0.409 e. The first kappa shape index (κ1) is 18.4. The van der Waals surface area contributed by atoms with Gasteiger partial charge in [0.05, 0.1) is 19.3 Å². The maximum atomic E-state index is 11.7. The van der Waals surface area contributed by atoms with Crippen molar-refractivity contribution in [2.75, 3.05) is 39.8 Å². The lowest BCUT2D eigenvalue weighted by Crippen LogP contribution is -2.58. The molecule has 2 atom stereocenters. The van der Waals surface area contributed by atoms with Crippen LogP contribution in [0, 0.1) is 5.41 Å². The van der Waals surface area contributed by atoms with Crippen LogP contribution in [0.5, 0.6) is 0 Å². The lowest BCUT2D eigenvalue weighted by molar-refractivity contribution is -0.000238. The van der Waals surface area contributed by atoms with Crippen LogP contribution in [-0.2, 0) is 4.74 Å². The van der Waals surface area contributed by atoms with Crippen molar-refractivity contribution in [1.82, 2.24) is 19.7 Å². The van der Waals surface area contributed by atoms with Crippen molar-refractivity contribution in [2.24, 2.45) is 5.41 Å². The van der Waals surface area contributed by atoms with E-state index in [2.05, 4.69) is 14.8 Å². The van der Waals surface area contributed by atoms with Gasteiger partial charge in [-0.25, -0.2) is 9.78 Å². The first-order valence-electron chi connectivity index (χ1n) is 10.9. The van der Waals surface area contributed by atoms with Gasteiger partial charge in [0.2, 0.25) is 0 Å². The summed E-state index contributed by atoms with van der Waals surface area (Å²) in [5, 5.41) is 0. The second kappa shape index (κ2) is 7.34. The molecule has 154 valence electrons. The molecule has 0 N–H and O–H groups in total. The summed E-state index contributed by atoms with van der Waals surface area (Å²) in [5.74, 6) is 1.04. The fraction of sp³-hybridized carbons (Fsp3) is 0.810. The zero-order valence-electron chi connectivity index (χ0n) is 16.9. The molecule has 4 heterocycles. The van der Waals surface area contributed by atoms with E-state index in [1.165, 1.54) is 71.7 Å². The zero-order chi connectivity index (χ0) is 19.1. The van der Waals surface area contributed by atoms with Crippen LogP contribution in [0.1, 0.15) is 56.7 Å². The van der Waals surface area contributed by atoms with E-state index in [4.69, 9.17) is 9.15 Å². The van der Waals surface area contributed by atoms with Crippen LogP contribution >= 0.6 is 0 Å². The van der Waals surface area contributed by atoms with E-state index >= 15 is 0 Å². The summed E-state index contributed by atoms with van der Waals surface area (Å²) in [6.07, 6.45) is 12.0. The van der Waals surface area contributed by atoms with E-state index < -0.39 is 0 Å². The standard InChI is InChI=1S/C21H32N4O3/c1-27-20(26)24-13-21(14-24)7-4-17(11-21)23-9-5-16(6-10-23)25-8-2-3-18(25)19-12-22-15-28-19/h12,15-18H,2-11,13-14H2,1H3/t17?,18-/m1/s1. The van der Waals surface area contributed by atoms with Gasteiger partial charge in [-0.1, -0.05) is 0 Å². The van der Waals surface area contributed by atoms with Crippen LogP contribution in [0.3, 0.4) is 0 Å². The minimum Gasteiger partial charge on any atom is -0.453 e. The molecule has 1 aliphatic carbocycles. The van der Waals surface area contributed by atoms with Crippen molar-refractivity contribution in [2.45, 2.75) is 63.1 Å². The van der Waals surface area contributed by atoms with Crippen LogP contribution in [0.4, 0.5) is 4.79 Å². The molecule has 7 heteroatoms. The van der Waals surface area contributed by atoms with Gasteiger partial charge >= 0.3 is 6.09 Å². The SMILES string of the molecule is COC(=O)N1CC2(CCC(N3CCC(N4CCC[C@@H]4c4cnco4)CC3)C2)C1. The lowest BCUT2D eigenvalue weighted by Gasteiger charge is -2.48. The molecule has 1 saturated carbocycles. The van der Waals surface area contributed by atoms with Crippen LogP contribution in [0.2, 0.25) is 0 Å². The molecule has 3 saturated heterocycles. The predicted octanol–water partition coefficient (Wildman–Crippen LogP) is 2.90. The van der Waals surface area contributed by atoms with E-state index in [-0.39, 0.29) is 6.09 Å². The van der Waals surface area contributed by atoms with Crippen LogP contribution < -0.4 is 0 Å². The Kier molecular flexibility index (Phi) is 4.83. The number of likely N-dealkylation sites (tertiary alicyclic amines) is 3. The topological polar surface area (TPSA) is 62.1 Å². The third-order valence-corrected chi connectivity index (χ3v) is 7.72. The number of ether oxygens (including phenoxy) is 1. The Morgan fingerprint density at radius 3 is 2.71 bits per heavy atom. The lowest BCUT2D eigenvalue weighted by atomic mass is 9.78. The fourth-order valence-electron chi connectivity index (χ4n) is 6.30. The Hall–Kier alpha value is -1.60. The van der Waals surface area contributed by atoms with E-state index in [9.17, 15) is 4.79 Å². The fourth-order valence-corrected chi connectivity index (χ4v) is 6.30. The molecule has 0 aromatic carbocycles. The van der Waals surface area contributed by atoms with Gasteiger partial charge in [-0.05, 0) is 64.6 Å². The van der Waals surface area contributed by atoms with Gasteiger partial charge in [-0.2, -0.15) is 0 Å². The van der Waals surface area contributed by atoms with Gasteiger partial charge in [0.25, 0.3) is 0 Å². The molecular formula is C21H32N4O3. The summed E-state index contributed by atoms with van der Waals surface area (Å²) in [6.45, 7) is 5.36. The molecule has 1 aromatic heterocycles. The summed E-state index contributed by atoms with van der Waals surface area (Å²) >= 11 is 0. The van der Waals surface area contributed by atoms with Crippen molar-refractivity contribution in [3.8, 4) is 0 Å².